The Morgan fingerprint density at radius 3 is 2.24 bits per heavy atom. The largest absolute Gasteiger partial charge is 0.493 e. The first kappa shape index (κ1) is 14.0. The van der Waals surface area contributed by atoms with Crippen molar-refractivity contribution in [2.24, 2.45) is 5.92 Å². The number of amides is 1. The molecule has 1 fully saturated rings. The Bertz CT molecular complexity index is 563. The van der Waals surface area contributed by atoms with Crippen LogP contribution in [0.15, 0.2) is 12.1 Å². The highest BCUT2D eigenvalue weighted by Gasteiger charge is 2.44. The molecule has 21 heavy (non-hydrogen) atoms. The van der Waals surface area contributed by atoms with Gasteiger partial charge in [-0.15, -0.1) is 0 Å². The number of ether oxygens (including phenoxy) is 2. The highest BCUT2D eigenvalue weighted by atomic mass is 16.5. The predicted octanol–water partition coefficient (Wildman–Crippen LogP) is 3.02. The van der Waals surface area contributed by atoms with Crippen LogP contribution in [0.4, 0.5) is 11.4 Å². The number of hydrogen-bond donors (Lipinski definition) is 2. The molecule has 2 N–H and O–H groups in total. The average molecular weight is 290 g/mol. The van der Waals surface area contributed by atoms with Gasteiger partial charge in [-0.2, -0.15) is 0 Å². The lowest BCUT2D eigenvalue weighted by Gasteiger charge is -2.42. The molecule has 1 heterocycles. The maximum absolute atomic E-state index is 12.5. The molecule has 0 unspecified atom stereocenters. The molecule has 0 saturated heterocycles. The molecule has 1 spiro atoms. The molecule has 1 saturated carbocycles. The van der Waals surface area contributed by atoms with Crippen LogP contribution in [0.25, 0.3) is 0 Å². The number of fused-ring (bicyclic) bond motifs is 1. The van der Waals surface area contributed by atoms with E-state index in [9.17, 15) is 4.79 Å². The Kier molecular flexibility index (Phi) is 3.43. The van der Waals surface area contributed by atoms with Crippen LogP contribution in [0.1, 0.15) is 32.6 Å². The Morgan fingerprint density at radius 1 is 1.10 bits per heavy atom. The molecule has 3 rings (SSSR count). The topological polar surface area (TPSA) is 59.6 Å². The number of rotatable bonds is 2. The predicted molar refractivity (Wildman–Crippen MR) is 82.2 cm³/mol. The van der Waals surface area contributed by atoms with Gasteiger partial charge < -0.3 is 20.1 Å². The van der Waals surface area contributed by atoms with E-state index in [0.717, 1.165) is 37.1 Å². The molecule has 1 aliphatic heterocycles. The van der Waals surface area contributed by atoms with Gasteiger partial charge in [0.15, 0.2) is 11.5 Å². The van der Waals surface area contributed by atoms with Crippen LogP contribution in [0.2, 0.25) is 0 Å². The average Bonchev–Trinajstić information content (AvgIpc) is 2.50. The van der Waals surface area contributed by atoms with Crippen LogP contribution < -0.4 is 20.1 Å². The highest BCUT2D eigenvalue weighted by molar-refractivity contribution is 6.06. The van der Waals surface area contributed by atoms with E-state index in [1.54, 1.807) is 20.3 Å². The molecule has 0 atom stereocenters. The van der Waals surface area contributed by atoms with Crippen molar-refractivity contribution in [2.45, 2.75) is 38.1 Å². The van der Waals surface area contributed by atoms with Crippen molar-refractivity contribution < 1.29 is 14.3 Å². The van der Waals surface area contributed by atoms with Crippen molar-refractivity contribution in [3.05, 3.63) is 12.1 Å². The van der Waals surface area contributed by atoms with Crippen LogP contribution in [-0.4, -0.2) is 25.7 Å². The second kappa shape index (κ2) is 5.13. The second-order valence-corrected chi connectivity index (χ2v) is 6.10. The van der Waals surface area contributed by atoms with E-state index in [0.29, 0.717) is 17.4 Å². The fourth-order valence-corrected chi connectivity index (χ4v) is 3.25. The zero-order chi connectivity index (χ0) is 15.0. The van der Waals surface area contributed by atoms with Crippen molar-refractivity contribution in [2.75, 3.05) is 24.9 Å². The summed E-state index contributed by atoms with van der Waals surface area (Å²) in [6.07, 6.45) is 3.88. The summed E-state index contributed by atoms with van der Waals surface area (Å²) in [6.45, 7) is 2.25. The molecule has 0 bridgehead atoms. The van der Waals surface area contributed by atoms with Gasteiger partial charge in [0.05, 0.1) is 25.6 Å². The minimum absolute atomic E-state index is 0.0640. The summed E-state index contributed by atoms with van der Waals surface area (Å²) in [4.78, 5) is 12.5. The lowest BCUT2D eigenvalue weighted by molar-refractivity contribution is -0.121. The Balaban J connectivity index is 1.95. The number of methoxy groups -OCH3 is 2. The first-order valence-electron chi connectivity index (χ1n) is 7.43. The third kappa shape index (κ3) is 2.30. The molecule has 0 aromatic heterocycles. The Morgan fingerprint density at radius 2 is 1.67 bits per heavy atom. The molecule has 5 nitrogen and oxygen atoms in total. The molecule has 1 amide bonds. The van der Waals surface area contributed by atoms with Crippen molar-refractivity contribution >= 4 is 17.3 Å². The van der Waals surface area contributed by atoms with Gasteiger partial charge in [-0.1, -0.05) is 6.92 Å². The number of anilines is 2. The van der Waals surface area contributed by atoms with Crippen LogP contribution in [-0.2, 0) is 4.79 Å². The smallest absolute Gasteiger partial charge is 0.250 e. The van der Waals surface area contributed by atoms with Crippen LogP contribution >= 0.6 is 0 Å². The fourth-order valence-electron chi connectivity index (χ4n) is 3.25. The first-order chi connectivity index (χ1) is 10.1. The highest BCUT2D eigenvalue weighted by Crippen LogP contribution is 2.44. The summed E-state index contributed by atoms with van der Waals surface area (Å²) in [7, 11) is 3.20. The lowest BCUT2D eigenvalue weighted by Crippen LogP contribution is -2.54. The summed E-state index contributed by atoms with van der Waals surface area (Å²) in [5, 5.41) is 6.49. The van der Waals surface area contributed by atoms with Gasteiger partial charge in [-0.25, -0.2) is 0 Å². The standard InChI is InChI=1S/C16H22N2O3/c1-10-4-6-16(7-5-10)15(19)17-11-8-13(20-2)14(21-3)9-12(11)18-16/h8-10,18H,4-7H2,1-3H3,(H,17,19). The molecule has 1 aliphatic carbocycles. The molecular weight excluding hydrogens is 268 g/mol. The monoisotopic (exact) mass is 290 g/mol. The van der Waals surface area contributed by atoms with Gasteiger partial charge in [-0.05, 0) is 31.6 Å². The number of hydrogen-bond acceptors (Lipinski definition) is 4. The lowest BCUT2D eigenvalue weighted by atomic mass is 9.75. The molecule has 1 aromatic rings. The molecule has 114 valence electrons. The number of benzene rings is 1. The third-order valence-electron chi connectivity index (χ3n) is 4.71. The molecule has 0 radical (unpaired) electrons. The van der Waals surface area contributed by atoms with E-state index in [1.807, 2.05) is 6.07 Å². The number of nitrogens with one attached hydrogen (secondary N) is 2. The molecule has 5 heteroatoms. The fraction of sp³-hybridized carbons (Fsp3) is 0.562. The van der Waals surface area contributed by atoms with Gasteiger partial charge >= 0.3 is 0 Å². The molecule has 2 aliphatic rings. The maximum atomic E-state index is 12.5. The van der Waals surface area contributed by atoms with E-state index in [2.05, 4.69) is 17.6 Å². The minimum atomic E-state index is -0.473. The zero-order valence-electron chi connectivity index (χ0n) is 12.8. The van der Waals surface area contributed by atoms with Gasteiger partial charge in [0, 0.05) is 12.1 Å². The van der Waals surface area contributed by atoms with E-state index >= 15 is 0 Å². The normalized spacial score (nSPS) is 27.6. The SMILES string of the molecule is COc1cc2c(cc1OC)NC1(CCC(C)CC1)C(=O)N2. The van der Waals surface area contributed by atoms with Crippen molar-refractivity contribution in [1.29, 1.82) is 0 Å². The van der Waals surface area contributed by atoms with Gasteiger partial charge in [-0.3, -0.25) is 4.79 Å². The second-order valence-electron chi connectivity index (χ2n) is 6.10. The van der Waals surface area contributed by atoms with E-state index < -0.39 is 5.54 Å². The van der Waals surface area contributed by atoms with E-state index in [1.165, 1.54) is 0 Å². The van der Waals surface area contributed by atoms with Crippen molar-refractivity contribution in [3.63, 3.8) is 0 Å². The Hall–Kier alpha value is -1.91. The summed E-state index contributed by atoms with van der Waals surface area (Å²) < 4.78 is 10.6. The quantitative estimate of drug-likeness (QED) is 0.879. The van der Waals surface area contributed by atoms with Crippen LogP contribution in [0.5, 0.6) is 11.5 Å². The number of carbonyl (C=O) groups is 1. The van der Waals surface area contributed by atoms with Gasteiger partial charge in [0.25, 0.3) is 0 Å². The first-order valence-corrected chi connectivity index (χ1v) is 7.43. The Labute approximate surface area is 125 Å². The number of carbonyl (C=O) groups excluding carboxylic acids is 1. The molecule has 1 aromatic carbocycles. The molecular formula is C16H22N2O3. The van der Waals surface area contributed by atoms with Crippen molar-refractivity contribution in [3.8, 4) is 11.5 Å². The van der Waals surface area contributed by atoms with E-state index in [4.69, 9.17) is 9.47 Å². The van der Waals surface area contributed by atoms with Crippen LogP contribution in [0, 0.1) is 5.92 Å². The van der Waals surface area contributed by atoms with Crippen molar-refractivity contribution in [1.82, 2.24) is 0 Å². The summed E-state index contributed by atoms with van der Waals surface area (Å²) in [5.74, 6) is 2.04. The van der Waals surface area contributed by atoms with E-state index in [-0.39, 0.29) is 5.91 Å². The summed E-state index contributed by atoms with van der Waals surface area (Å²) in [6, 6.07) is 3.70. The summed E-state index contributed by atoms with van der Waals surface area (Å²) >= 11 is 0. The minimum Gasteiger partial charge on any atom is -0.493 e. The third-order valence-corrected chi connectivity index (χ3v) is 4.71. The summed E-state index contributed by atoms with van der Waals surface area (Å²) in [5.41, 5.74) is 1.18. The van der Waals surface area contributed by atoms with Gasteiger partial charge in [0.2, 0.25) is 5.91 Å². The maximum Gasteiger partial charge on any atom is 0.250 e. The van der Waals surface area contributed by atoms with Gasteiger partial charge in [0.1, 0.15) is 5.54 Å². The zero-order valence-corrected chi connectivity index (χ0v) is 12.8. The van der Waals surface area contributed by atoms with Crippen LogP contribution in [0.3, 0.4) is 0 Å².